The molecule has 0 rings (SSSR count). The summed E-state index contributed by atoms with van der Waals surface area (Å²) in [6.07, 6.45) is 3.10. The topological polar surface area (TPSA) is 34.1 Å². The third kappa shape index (κ3) is 16.2. The number of ketones is 2. The molecule has 0 saturated heterocycles. The minimum absolute atomic E-state index is 0.289. The van der Waals surface area contributed by atoms with Crippen LogP contribution in [-0.4, -0.2) is 11.6 Å². The molecule has 2 nitrogen and oxygen atoms in total. The molecule has 0 amide bonds. The Kier molecular flexibility index (Phi) is 12.0. The smallest absolute Gasteiger partial charge is 0.132 e. The second-order valence-electron chi connectivity index (χ2n) is 2.70. The Hall–Kier alpha value is -0.660. The van der Waals surface area contributed by atoms with Crippen LogP contribution < -0.4 is 0 Å². The minimum Gasteiger partial charge on any atom is -0.300 e. The zero-order chi connectivity index (χ0) is 9.98. The molecule has 0 atom stereocenters. The van der Waals surface area contributed by atoms with E-state index in [0.717, 1.165) is 12.8 Å². The van der Waals surface area contributed by atoms with Gasteiger partial charge in [0, 0.05) is 19.3 Å². The van der Waals surface area contributed by atoms with Gasteiger partial charge in [-0.3, -0.25) is 4.79 Å². The Morgan fingerprint density at radius 3 is 1.42 bits per heavy atom. The molecule has 0 aromatic rings. The van der Waals surface area contributed by atoms with Crippen molar-refractivity contribution in [2.24, 2.45) is 0 Å². The summed E-state index contributed by atoms with van der Waals surface area (Å²) < 4.78 is 0. The summed E-state index contributed by atoms with van der Waals surface area (Å²) in [4.78, 5) is 20.2. The molecule has 0 heterocycles. The predicted octanol–water partition coefficient (Wildman–Crippen LogP) is 2.75. The van der Waals surface area contributed by atoms with E-state index < -0.39 is 0 Å². The van der Waals surface area contributed by atoms with E-state index in [9.17, 15) is 9.59 Å². The first-order valence-electron chi connectivity index (χ1n) is 4.59. The quantitative estimate of drug-likeness (QED) is 0.653. The first-order chi connectivity index (χ1) is 5.58. The fourth-order valence-corrected chi connectivity index (χ4v) is 0.602. The van der Waals surface area contributed by atoms with Crippen LogP contribution >= 0.6 is 0 Å². The Morgan fingerprint density at radius 2 is 1.42 bits per heavy atom. The molecular formula is C10H20O2. The molecule has 0 bridgehead atoms. The molecule has 0 N–H and O–H groups in total. The first kappa shape index (κ1) is 13.9. The average molecular weight is 172 g/mol. The van der Waals surface area contributed by atoms with Crippen molar-refractivity contribution in [1.82, 2.24) is 0 Å². The maximum Gasteiger partial charge on any atom is 0.132 e. The average Bonchev–Trinajstić information content (AvgIpc) is 2.04. The lowest BCUT2D eigenvalue weighted by Gasteiger charge is -1.81. The summed E-state index contributed by atoms with van der Waals surface area (Å²) in [5.41, 5.74) is 0. The van der Waals surface area contributed by atoms with Crippen molar-refractivity contribution in [2.45, 2.75) is 53.4 Å². The molecule has 0 aliphatic heterocycles. The van der Waals surface area contributed by atoms with Crippen LogP contribution in [-0.2, 0) is 9.59 Å². The largest absolute Gasteiger partial charge is 0.300 e. The van der Waals surface area contributed by atoms with Crippen LogP contribution in [0.5, 0.6) is 0 Å². The highest BCUT2D eigenvalue weighted by Gasteiger charge is 1.86. The zero-order valence-electron chi connectivity index (χ0n) is 8.64. The van der Waals surface area contributed by atoms with Gasteiger partial charge in [-0.2, -0.15) is 0 Å². The number of rotatable bonds is 4. The Morgan fingerprint density at radius 1 is 1.00 bits per heavy atom. The molecular weight excluding hydrogens is 152 g/mol. The molecule has 12 heavy (non-hydrogen) atoms. The van der Waals surface area contributed by atoms with Crippen LogP contribution in [0.3, 0.4) is 0 Å². The highest BCUT2D eigenvalue weighted by Crippen LogP contribution is 1.84. The third-order valence-corrected chi connectivity index (χ3v) is 1.39. The van der Waals surface area contributed by atoms with E-state index in [1.807, 2.05) is 20.8 Å². The molecule has 2 heteroatoms. The van der Waals surface area contributed by atoms with Crippen molar-refractivity contribution in [2.75, 3.05) is 0 Å². The molecule has 0 fully saturated rings. The van der Waals surface area contributed by atoms with Crippen LogP contribution in [0.2, 0.25) is 0 Å². The fraction of sp³-hybridized carbons (Fsp3) is 0.800. The summed E-state index contributed by atoms with van der Waals surface area (Å²) in [5.74, 6) is 0.632. The zero-order valence-corrected chi connectivity index (χ0v) is 8.64. The van der Waals surface area contributed by atoms with Crippen LogP contribution in [0.4, 0.5) is 0 Å². The summed E-state index contributed by atoms with van der Waals surface area (Å²) in [7, 11) is 0. The number of carbonyl (C=O) groups excluding carboxylic acids is 2. The van der Waals surface area contributed by atoms with Crippen molar-refractivity contribution in [3.8, 4) is 0 Å². The number of hydrogen-bond acceptors (Lipinski definition) is 2. The van der Waals surface area contributed by atoms with Crippen molar-refractivity contribution < 1.29 is 9.59 Å². The third-order valence-electron chi connectivity index (χ3n) is 1.39. The maximum absolute atomic E-state index is 10.2. The number of carbonyl (C=O) groups is 2. The van der Waals surface area contributed by atoms with Gasteiger partial charge in [0.1, 0.15) is 11.6 Å². The van der Waals surface area contributed by atoms with E-state index in [1.54, 1.807) is 6.92 Å². The molecule has 0 saturated carbocycles. The lowest BCUT2D eigenvalue weighted by atomic mass is 10.3. The van der Waals surface area contributed by atoms with Gasteiger partial charge in [-0.15, -0.1) is 0 Å². The van der Waals surface area contributed by atoms with E-state index in [-0.39, 0.29) is 5.78 Å². The van der Waals surface area contributed by atoms with E-state index in [0.29, 0.717) is 18.6 Å². The van der Waals surface area contributed by atoms with Gasteiger partial charge >= 0.3 is 0 Å². The predicted molar refractivity (Wildman–Crippen MR) is 51.2 cm³/mol. The van der Waals surface area contributed by atoms with Gasteiger partial charge in [-0.1, -0.05) is 20.8 Å². The van der Waals surface area contributed by atoms with Gasteiger partial charge in [-0.25, -0.2) is 0 Å². The van der Waals surface area contributed by atoms with Crippen LogP contribution in [0.25, 0.3) is 0 Å². The highest BCUT2D eigenvalue weighted by molar-refractivity contribution is 5.77. The van der Waals surface area contributed by atoms with Crippen molar-refractivity contribution >= 4 is 11.6 Å². The fourth-order valence-electron chi connectivity index (χ4n) is 0.602. The second-order valence-corrected chi connectivity index (χ2v) is 2.70. The Labute approximate surface area is 75.4 Å². The monoisotopic (exact) mass is 172 g/mol. The van der Waals surface area contributed by atoms with Gasteiger partial charge in [0.2, 0.25) is 0 Å². The molecule has 0 radical (unpaired) electrons. The lowest BCUT2D eigenvalue weighted by Crippen LogP contribution is -1.88. The molecule has 0 unspecified atom stereocenters. The second kappa shape index (κ2) is 10.3. The Balaban J connectivity index is 0. The summed E-state index contributed by atoms with van der Waals surface area (Å²) in [5, 5.41) is 0. The molecule has 0 spiro atoms. The summed E-state index contributed by atoms with van der Waals surface area (Å²) in [6.45, 7) is 7.38. The SMILES string of the molecule is CCC(=O)CC.CCCC(C)=O. The number of hydrogen-bond donors (Lipinski definition) is 0. The molecule has 0 aromatic carbocycles. The van der Waals surface area contributed by atoms with Crippen molar-refractivity contribution in [1.29, 1.82) is 0 Å². The van der Waals surface area contributed by atoms with Gasteiger partial charge in [0.05, 0.1) is 0 Å². The lowest BCUT2D eigenvalue weighted by molar-refractivity contribution is -0.118. The van der Waals surface area contributed by atoms with E-state index in [1.165, 1.54) is 0 Å². The first-order valence-corrected chi connectivity index (χ1v) is 4.59. The Bertz CT molecular complexity index is 122. The van der Waals surface area contributed by atoms with E-state index in [4.69, 9.17) is 0 Å². The van der Waals surface area contributed by atoms with Crippen LogP contribution in [0.1, 0.15) is 53.4 Å². The molecule has 72 valence electrons. The van der Waals surface area contributed by atoms with Gasteiger partial charge in [-0.05, 0) is 13.3 Å². The number of Topliss-reactive ketones (excluding diaryl/α,β-unsaturated/α-hetero) is 2. The van der Waals surface area contributed by atoms with E-state index in [2.05, 4.69) is 0 Å². The van der Waals surface area contributed by atoms with Crippen molar-refractivity contribution in [3.63, 3.8) is 0 Å². The highest BCUT2D eigenvalue weighted by atomic mass is 16.1. The minimum atomic E-state index is 0.289. The van der Waals surface area contributed by atoms with Crippen molar-refractivity contribution in [3.05, 3.63) is 0 Å². The van der Waals surface area contributed by atoms with Gasteiger partial charge < -0.3 is 4.79 Å². The maximum atomic E-state index is 10.2. The van der Waals surface area contributed by atoms with Gasteiger partial charge in [0.25, 0.3) is 0 Å². The van der Waals surface area contributed by atoms with E-state index >= 15 is 0 Å². The standard InChI is InChI=1S/2C5H10O/c1-3-4-5(2)6;1-3-5(6)4-2/h2*3-4H2,1-2H3. The summed E-state index contributed by atoms with van der Waals surface area (Å²) in [6, 6.07) is 0. The molecule has 0 aliphatic rings. The van der Waals surface area contributed by atoms with Crippen LogP contribution in [0.15, 0.2) is 0 Å². The summed E-state index contributed by atoms with van der Waals surface area (Å²) >= 11 is 0. The normalized spacial score (nSPS) is 8.33. The van der Waals surface area contributed by atoms with Crippen LogP contribution in [0, 0.1) is 0 Å². The molecule has 0 aliphatic carbocycles. The van der Waals surface area contributed by atoms with Gasteiger partial charge in [0.15, 0.2) is 0 Å². The molecule has 0 aromatic heterocycles.